The van der Waals surface area contributed by atoms with E-state index >= 15 is 0 Å². The van der Waals surface area contributed by atoms with Gasteiger partial charge in [0.1, 0.15) is 4.34 Å². The van der Waals surface area contributed by atoms with E-state index in [-0.39, 0.29) is 11.5 Å². The number of carbonyl (C=O) groups excluding carboxylic acids is 1. The molecule has 116 valence electrons. The number of piperazine rings is 1. The summed E-state index contributed by atoms with van der Waals surface area (Å²) in [6.45, 7) is 2.24. The Morgan fingerprint density at radius 2 is 1.91 bits per heavy atom. The molecule has 0 N–H and O–H groups in total. The fraction of sp³-hybridized carbons (Fsp3) is 0.286. The Bertz CT molecular complexity index is 701. The van der Waals surface area contributed by atoms with Crippen molar-refractivity contribution in [1.82, 2.24) is 9.88 Å². The number of hydrogen-bond donors (Lipinski definition) is 0. The van der Waals surface area contributed by atoms with Crippen molar-refractivity contribution in [2.45, 2.75) is 0 Å². The van der Waals surface area contributed by atoms with Crippen molar-refractivity contribution in [2.75, 3.05) is 31.1 Å². The second kappa shape index (κ2) is 6.18. The maximum absolute atomic E-state index is 13.2. The molecule has 1 fully saturated rings. The molecule has 22 heavy (non-hydrogen) atoms. The van der Waals surface area contributed by atoms with E-state index in [1.54, 1.807) is 11.1 Å². The lowest BCUT2D eigenvalue weighted by atomic mass is 10.1. The minimum absolute atomic E-state index is 0.157. The van der Waals surface area contributed by atoms with Crippen LogP contribution in [0.5, 0.6) is 0 Å². The lowest BCUT2D eigenvalue weighted by Gasteiger charge is -2.34. The molecule has 1 amide bonds. The summed E-state index contributed by atoms with van der Waals surface area (Å²) < 4.78 is 26.8. The first-order valence-corrected chi connectivity index (χ1v) is 7.84. The van der Waals surface area contributed by atoms with Crippen molar-refractivity contribution >= 4 is 34.0 Å². The van der Waals surface area contributed by atoms with E-state index in [2.05, 4.69) is 4.98 Å². The maximum atomic E-state index is 13.2. The Labute approximate surface area is 134 Å². The number of rotatable bonds is 2. The summed E-state index contributed by atoms with van der Waals surface area (Å²) in [5.41, 5.74) is 0.157. The Morgan fingerprint density at radius 3 is 2.50 bits per heavy atom. The molecule has 0 spiro atoms. The van der Waals surface area contributed by atoms with Crippen LogP contribution in [0.1, 0.15) is 10.4 Å². The van der Waals surface area contributed by atoms with Crippen LogP contribution in [0.2, 0.25) is 4.34 Å². The molecule has 0 aliphatic carbocycles. The first-order valence-electron chi connectivity index (χ1n) is 6.65. The monoisotopic (exact) mass is 343 g/mol. The molecule has 4 nitrogen and oxygen atoms in total. The van der Waals surface area contributed by atoms with E-state index < -0.39 is 11.6 Å². The van der Waals surface area contributed by atoms with Gasteiger partial charge >= 0.3 is 0 Å². The maximum Gasteiger partial charge on any atom is 0.254 e. The van der Waals surface area contributed by atoms with E-state index in [4.69, 9.17) is 11.6 Å². The van der Waals surface area contributed by atoms with Crippen LogP contribution < -0.4 is 4.90 Å². The molecule has 0 bridgehead atoms. The summed E-state index contributed by atoms with van der Waals surface area (Å²) in [6.07, 6.45) is 1.60. The molecule has 1 aromatic carbocycles. The largest absolute Gasteiger partial charge is 0.345 e. The summed E-state index contributed by atoms with van der Waals surface area (Å²) in [7, 11) is 0. The van der Waals surface area contributed by atoms with Gasteiger partial charge in [-0.3, -0.25) is 4.79 Å². The number of thiazole rings is 1. The highest BCUT2D eigenvalue weighted by atomic mass is 35.5. The molecule has 1 saturated heterocycles. The SMILES string of the molecule is O=C(c1ccc(F)c(F)c1)N1CCN(c2ncc(Cl)s2)CC1. The first-order chi connectivity index (χ1) is 10.5. The number of benzene rings is 1. The second-order valence-electron chi connectivity index (χ2n) is 4.86. The predicted molar refractivity (Wildman–Crippen MR) is 81.6 cm³/mol. The molecule has 0 unspecified atom stereocenters. The molecule has 8 heteroatoms. The second-order valence-corrected chi connectivity index (χ2v) is 6.50. The summed E-state index contributed by atoms with van der Waals surface area (Å²) in [5, 5.41) is 0.824. The van der Waals surface area contributed by atoms with Crippen molar-refractivity contribution in [1.29, 1.82) is 0 Å². The van der Waals surface area contributed by atoms with Crippen molar-refractivity contribution in [3.05, 3.63) is 45.9 Å². The molecule has 0 atom stereocenters. The van der Waals surface area contributed by atoms with Gasteiger partial charge in [-0.25, -0.2) is 13.8 Å². The highest BCUT2D eigenvalue weighted by Crippen LogP contribution is 2.27. The summed E-state index contributed by atoms with van der Waals surface area (Å²) in [4.78, 5) is 20.2. The number of nitrogens with zero attached hydrogens (tertiary/aromatic N) is 3. The molecule has 2 aromatic rings. The fourth-order valence-corrected chi connectivity index (χ4v) is 3.26. The zero-order valence-corrected chi connectivity index (χ0v) is 13.0. The van der Waals surface area contributed by atoms with Crippen LogP contribution in [0.3, 0.4) is 0 Å². The lowest BCUT2D eigenvalue weighted by Crippen LogP contribution is -2.48. The van der Waals surface area contributed by atoms with Crippen LogP contribution in [0.15, 0.2) is 24.4 Å². The molecule has 2 heterocycles. The van der Waals surface area contributed by atoms with Crippen LogP contribution >= 0.6 is 22.9 Å². The fourth-order valence-electron chi connectivity index (χ4n) is 2.30. The number of carbonyl (C=O) groups is 1. The highest BCUT2D eigenvalue weighted by molar-refractivity contribution is 7.19. The van der Waals surface area contributed by atoms with Gasteiger partial charge in [-0.2, -0.15) is 0 Å². The Balaban J connectivity index is 1.65. The van der Waals surface area contributed by atoms with Crippen LogP contribution in [-0.2, 0) is 0 Å². The van der Waals surface area contributed by atoms with Crippen LogP contribution in [0, 0.1) is 11.6 Å². The van der Waals surface area contributed by atoms with Crippen molar-refractivity contribution < 1.29 is 13.6 Å². The summed E-state index contributed by atoms with van der Waals surface area (Å²) in [6, 6.07) is 3.20. The van der Waals surface area contributed by atoms with Gasteiger partial charge in [0.2, 0.25) is 0 Å². The minimum Gasteiger partial charge on any atom is -0.345 e. The van der Waals surface area contributed by atoms with Gasteiger partial charge in [0.15, 0.2) is 16.8 Å². The molecule has 1 aromatic heterocycles. The predicted octanol–water partition coefficient (Wildman–Crippen LogP) is 3.04. The third-order valence-corrected chi connectivity index (χ3v) is 4.64. The number of hydrogen-bond acceptors (Lipinski definition) is 4. The van der Waals surface area contributed by atoms with Gasteiger partial charge in [0.05, 0.1) is 6.20 Å². The van der Waals surface area contributed by atoms with Crippen molar-refractivity contribution in [3.63, 3.8) is 0 Å². The average molecular weight is 344 g/mol. The van der Waals surface area contributed by atoms with Crippen LogP contribution in [0.25, 0.3) is 0 Å². The average Bonchev–Trinajstić information content (AvgIpc) is 2.96. The first kappa shape index (κ1) is 15.2. The Hall–Kier alpha value is -1.73. The van der Waals surface area contributed by atoms with Gasteiger partial charge in [0, 0.05) is 31.7 Å². The van der Waals surface area contributed by atoms with Gasteiger partial charge in [-0.1, -0.05) is 22.9 Å². The van der Waals surface area contributed by atoms with E-state index in [0.717, 1.165) is 17.3 Å². The number of halogens is 3. The minimum atomic E-state index is -1.01. The molecule has 0 radical (unpaired) electrons. The zero-order chi connectivity index (χ0) is 15.7. The lowest BCUT2D eigenvalue weighted by molar-refractivity contribution is 0.0746. The van der Waals surface area contributed by atoms with E-state index in [1.165, 1.54) is 17.4 Å². The van der Waals surface area contributed by atoms with Crippen LogP contribution in [-0.4, -0.2) is 42.0 Å². The standard InChI is InChI=1S/C14H12ClF2N3OS/c15-12-8-18-14(22-12)20-5-3-19(4-6-20)13(21)9-1-2-10(16)11(17)7-9/h1-2,7-8H,3-6H2. The highest BCUT2D eigenvalue weighted by Gasteiger charge is 2.24. The van der Waals surface area contributed by atoms with Gasteiger partial charge < -0.3 is 9.80 Å². The quantitative estimate of drug-likeness (QED) is 0.841. The van der Waals surface area contributed by atoms with Crippen LogP contribution in [0.4, 0.5) is 13.9 Å². The van der Waals surface area contributed by atoms with E-state index in [9.17, 15) is 13.6 Å². The molecule has 0 saturated carbocycles. The number of amides is 1. The molecular formula is C14H12ClF2N3OS. The van der Waals surface area contributed by atoms with Crippen molar-refractivity contribution in [3.8, 4) is 0 Å². The normalized spacial score (nSPS) is 15.2. The Kier molecular flexibility index (Phi) is 4.26. The van der Waals surface area contributed by atoms with Gasteiger partial charge in [-0.15, -0.1) is 0 Å². The molecule has 1 aliphatic rings. The van der Waals surface area contributed by atoms with Gasteiger partial charge in [-0.05, 0) is 18.2 Å². The molecular weight excluding hydrogens is 332 g/mol. The summed E-state index contributed by atoms with van der Waals surface area (Å²) >= 11 is 7.25. The van der Waals surface area contributed by atoms with E-state index in [1.807, 2.05) is 4.90 Å². The third-order valence-electron chi connectivity index (χ3n) is 3.47. The zero-order valence-electron chi connectivity index (χ0n) is 11.4. The smallest absolute Gasteiger partial charge is 0.254 e. The summed E-state index contributed by atoms with van der Waals surface area (Å²) in [5.74, 6) is -2.26. The van der Waals surface area contributed by atoms with Gasteiger partial charge in [0.25, 0.3) is 5.91 Å². The molecule has 1 aliphatic heterocycles. The topological polar surface area (TPSA) is 36.4 Å². The van der Waals surface area contributed by atoms with E-state index in [0.29, 0.717) is 30.5 Å². The Morgan fingerprint density at radius 1 is 1.18 bits per heavy atom. The molecule has 3 rings (SSSR count). The number of anilines is 1. The third kappa shape index (κ3) is 3.05. The van der Waals surface area contributed by atoms with Crippen molar-refractivity contribution in [2.24, 2.45) is 0 Å². The number of aromatic nitrogens is 1.